The zero-order valence-electron chi connectivity index (χ0n) is 19.0. The Bertz CT molecular complexity index is 620. The molecule has 1 heterocycles. The zero-order chi connectivity index (χ0) is 21.1. The van der Waals surface area contributed by atoms with Gasteiger partial charge in [0.25, 0.3) is 0 Å². The molecule has 0 aromatic heterocycles. The summed E-state index contributed by atoms with van der Waals surface area (Å²) in [7, 11) is 1.76. The number of nitrogens with one attached hydrogen (secondary N) is 2. The molecular weight excluding hydrogens is 364 g/mol. The molecule has 1 fully saturated rings. The highest BCUT2D eigenvalue weighted by molar-refractivity contribution is 5.80. The molecule has 0 atom stereocenters. The summed E-state index contributed by atoms with van der Waals surface area (Å²) >= 11 is 0. The summed E-state index contributed by atoms with van der Waals surface area (Å²) in [6.45, 7) is 14.8. The van der Waals surface area contributed by atoms with Crippen molar-refractivity contribution in [3.05, 3.63) is 29.8 Å². The normalized spacial score (nSPS) is 16.7. The summed E-state index contributed by atoms with van der Waals surface area (Å²) < 4.78 is 11.1. The Morgan fingerprint density at radius 1 is 1.21 bits per heavy atom. The first-order valence-corrected chi connectivity index (χ1v) is 10.9. The van der Waals surface area contributed by atoms with Gasteiger partial charge in [-0.05, 0) is 42.9 Å². The minimum atomic E-state index is 0.124. The number of methoxy groups -OCH3 is 1. The summed E-state index contributed by atoms with van der Waals surface area (Å²) in [5, 5.41) is 6.94. The van der Waals surface area contributed by atoms with Crippen molar-refractivity contribution in [3.63, 3.8) is 0 Å². The average molecular weight is 405 g/mol. The number of nitrogens with zero attached hydrogens (tertiary/aromatic N) is 2. The Hall–Kier alpha value is -1.79. The third-order valence-electron chi connectivity index (χ3n) is 5.21. The molecule has 0 amide bonds. The average Bonchev–Trinajstić information content (AvgIpc) is 2.70. The van der Waals surface area contributed by atoms with E-state index in [4.69, 9.17) is 14.5 Å². The smallest absolute Gasteiger partial charge is 0.191 e. The standard InChI is InChI=1S/C23H40N4O2/c1-6-24-22(26-20-10-13-27(14-11-20)15-17-28-5)25-12-16-29-21-9-7-8-19(18-21)23(2,3)4/h7-9,18,20H,6,10-17H2,1-5H3,(H2,24,25,26). The number of likely N-dealkylation sites (tertiary alicyclic amines) is 1. The van der Waals surface area contributed by atoms with Crippen molar-refractivity contribution >= 4 is 5.96 Å². The molecule has 1 saturated heterocycles. The molecule has 0 aliphatic carbocycles. The van der Waals surface area contributed by atoms with Gasteiger partial charge in [-0.1, -0.05) is 32.9 Å². The third kappa shape index (κ3) is 8.62. The lowest BCUT2D eigenvalue weighted by Crippen LogP contribution is -2.49. The molecule has 2 rings (SSSR count). The van der Waals surface area contributed by atoms with Crippen molar-refractivity contribution in [1.29, 1.82) is 0 Å². The summed E-state index contributed by atoms with van der Waals surface area (Å²) in [4.78, 5) is 7.16. The SMILES string of the molecule is CCNC(=NCCOc1cccc(C(C)(C)C)c1)NC1CCN(CCOC)CC1. The van der Waals surface area contributed by atoms with Crippen LogP contribution in [0.3, 0.4) is 0 Å². The van der Waals surface area contributed by atoms with E-state index in [2.05, 4.69) is 61.4 Å². The van der Waals surface area contributed by atoms with E-state index in [0.29, 0.717) is 19.2 Å². The van der Waals surface area contributed by atoms with Gasteiger partial charge >= 0.3 is 0 Å². The highest BCUT2D eigenvalue weighted by atomic mass is 16.5. The molecule has 29 heavy (non-hydrogen) atoms. The fraction of sp³-hybridized carbons (Fsp3) is 0.696. The fourth-order valence-electron chi connectivity index (χ4n) is 3.41. The van der Waals surface area contributed by atoms with Crippen molar-refractivity contribution in [3.8, 4) is 5.75 Å². The fourth-order valence-corrected chi connectivity index (χ4v) is 3.41. The Morgan fingerprint density at radius 2 is 1.97 bits per heavy atom. The molecule has 6 heteroatoms. The highest BCUT2D eigenvalue weighted by Gasteiger charge is 2.19. The van der Waals surface area contributed by atoms with Crippen LogP contribution in [-0.2, 0) is 10.2 Å². The minimum Gasteiger partial charge on any atom is -0.492 e. The van der Waals surface area contributed by atoms with Crippen molar-refractivity contribution in [2.75, 3.05) is 53.0 Å². The molecule has 0 spiro atoms. The predicted molar refractivity (Wildman–Crippen MR) is 121 cm³/mol. The number of ether oxygens (including phenoxy) is 2. The lowest BCUT2D eigenvalue weighted by molar-refractivity contribution is 0.128. The molecule has 1 aliphatic rings. The maximum absolute atomic E-state index is 5.93. The molecule has 1 aliphatic heterocycles. The maximum Gasteiger partial charge on any atom is 0.191 e. The van der Waals surface area contributed by atoms with Crippen LogP contribution in [0.15, 0.2) is 29.3 Å². The van der Waals surface area contributed by atoms with Crippen molar-refractivity contribution < 1.29 is 9.47 Å². The van der Waals surface area contributed by atoms with Gasteiger partial charge in [-0.3, -0.25) is 0 Å². The van der Waals surface area contributed by atoms with Crippen LogP contribution in [0.5, 0.6) is 5.75 Å². The number of hydrogen-bond acceptors (Lipinski definition) is 4. The first kappa shape index (κ1) is 23.5. The largest absolute Gasteiger partial charge is 0.492 e. The van der Waals surface area contributed by atoms with Crippen molar-refractivity contribution in [2.45, 2.75) is 52.0 Å². The van der Waals surface area contributed by atoms with Crippen LogP contribution >= 0.6 is 0 Å². The molecule has 2 N–H and O–H groups in total. The van der Waals surface area contributed by atoms with E-state index in [1.807, 2.05) is 6.07 Å². The molecule has 0 unspecified atom stereocenters. The first-order valence-electron chi connectivity index (χ1n) is 10.9. The van der Waals surface area contributed by atoms with Gasteiger partial charge in [0.05, 0.1) is 13.2 Å². The number of guanidine groups is 1. The second-order valence-electron chi connectivity index (χ2n) is 8.64. The zero-order valence-corrected chi connectivity index (χ0v) is 19.0. The number of aliphatic imine (C=N–C) groups is 1. The van der Waals surface area contributed by atoms with E-state index in [1.165, 1.54) is 5.56 Å². The van der Waals surface area contributed by atoms with Crippen LogP contribution in [0.1, 0.15) is 46.1 Å². The van der Waals surface area contributed by atoms with Gasteiger partial charge in [0.15, 0.2) is 5.96 Å². The van der Waals surface area contributed by atoms with E-state index < -0.39 is 0 Å². The number of benzene rings is 1. The topological polar surface area (TPSA) is 58.1 Å². The van der Waals surface area contributed by atoms with Gasteiger partial charge in [0.1, 0.15) is 12.4 Å². The second-order valence-corrected chi connectivity index (χ2v) is 8.64. The van der Waals surface area contributed by atoms with E-state index in [1.54, 1.807) is 7.11 Å². The van der Waals surface area contributed by atoms with Gasteiger partial charge in [0, 0.05) is 39.3 Å². The third-order valence-corrected chi connectivity index (χ3v) is 5.21. The second kappa shape index (κ2) is 12.0. The highest BCUT2D eigenvalue weighted by Crippen LogP contribution is 2.25. The monoisotopic (exact) mass is 404 g/mol. The lowest BCUT2D eigenvalue weighted by atomic mass is 9.87. The summed E-state index contributed by atoms with van der Waals surface area (Å²) in [6.07, 6.45) is 2.26. The Balaban J connectivity index is 1.78. The molecule has 1 aromatic rings. The molecule has 0 bridgehead atoms. The Morgan fingerprint density at radius 3 is 2.62 bits per heavy atom. The number of rotatable bonds is 9. The first-order chi connectivity index (χ1) is 13.9. The van der Waals surface area contributed by atoms with Gasteiger partial charge in [-0.15, -0.1) is 0 Å². The molecule has 6 nitrogen and oxygen atoms in total. The van der Waals surface area contributed by atoms with Crippen LogP contribution in [0.4, 0.5) is 0 Å². The quantitative estimate of drug-likeness (QED) is 0.376. The van der Waals surface area contributed by atoms with Gasteiger partial charge in [-0.25, -0.2) is 4.99 Å². The predicted octanol–water partition coefficient (Wildman–Crippen LogP) is 3.03. The Kier molecular flexibility index (Phi) is 9.74. The van der Waals surface area contributed by atoms with Crippen LogP contribution in [0.2, 0.25) is 0 Å². The summed E-state index contributed by atoms with van der Waals surface area (Å²) in [5.74, 6) is 1.80. The van der Waals surface area contributed by atoms with Crippen LogP contribution in [0.25, 0.3) is 0 Å². The Labute approximate surface area is 177 Å². The molecule has 0 radical (unpaired) electrons. The van der Waals surface area contributed by atoms with Gasteiger partial charge in [0.2, 0.25) is 0 Å². The molecule has 1 aromatic carbocycles. The van der Waals surface area contributed by atoms with Crippen LogP contribution in [0, 0.1) is 0 Å². The van der Waals surface area contributed by atoms with Crippen LogP contribution in [-0.4, -0.2) is 69.9 Å². The molecular formula is C23H40N4O2. The van der Waals surface area contributed by atoms with Gasteiger partial charge in [-0.2, -0.15) is 0 Å². The van der Waals surface area contributed by atoms with E-state index >= 15 is 0 Å². The van der Waals surface area contributed by atoms with E-state index in [0.717, 1.165) is 57.3 Å². The summed E-state index contributed by atoms with van der Waals surface area (Å²) in [5.41, 5.74) is 1.41. The summed E-state index contributed by atoms with van der Waals surface area (Å²) in [6, 6.07) is 8.82. The number of hydrogen-bond donors (Lipinski definition) is 2. The van der Waals surface area contributed by atoms with E-state index in [9.17, 15) is 0 Å². The molecule has 0 saturated carbocycles. The number of piperidine rings is 1. The van der Waals surface area contributed by atoms with E-state index in [-0.39, 0.29) is 5.41 Å². The molecule has 164 valence electrons. The van der Waals surface area contributed by atoms with Gasteiger partial charge < -0.3 is 25.0 Å². The van der Waals surface area contributed by atoms with Crippen molar-refractivity contribution in [2.24, 2.45) is 4.99 Å². The van der Waals surface area contributed by atoms with Crippen LogP contribution < -0.4 is 15.4 Å². The lowest BCUT2D eigenvalue weighted by Gasteiger charge is -2.32. The maximum atomic E-state index is 5.93. The minimum absolute atomic E-state index is 0.124. The van der Waals surface area contributed by atoms with Crippen molar-refractivity contribution in [1.82, 2.24) is 15.5 Å².